The Bertz CT molecular complexity index is 1420. The van der Waals surface area contributed by atoms with Gasteiger partial charge in [-0.05, 0) is 54.5 Å². The van der Waals surface area contributed by atoms with Crippen molar-refractivity contribution in [1.82, 2.24) is 18.8 Å². The lowest BCUT2D eigenvalue weighted by Gasteiger charge is -2.28. The van der Waals surface area contributed by atoms with E-state index in [1.165, 1.54) is 11.6 Å². The Labute approximate surface area is 202 Å². The molecule has 0 saturated heterocycles. The van der Waals surface area contributed by atoms with E-state index in [0.717, 1.165) is 42.1 Å². The van der Waals surface area contributed by atoms with E-state index in [2.05, 4.69) is 24.9 Å². The Balaban J connectivity index is 1.44. The summed E-state index contributed by atoms with van der Waals surface area (Å²) < 4.78 is 37.7. The molecule has 4 aromatic rings. The molecule has 0 radical (unpaired) electrons. The SMILES string of the molecule is O=C(N[C@H]1CCCc2ccccc21)[C@@H](Cc1ccccc1)NS(=O)(=O)c1cccc2nsnc12. The van der Waals surface area contributed by atoms with Crippen LogP contribution in [0.3, 0.4) is 0 Å². The van der Waals surface area contributed by atoms with Gasteiger partial charge in [-0.15, -0.1) is 0 Å². The fourth-order valence-corrected chi connectivity index (χ4v) is 6.42. The maximum atomic E-state index is 13.5. The number of hydrogen-bond acceptors (Lipinski definition) is 6. The molecule has 7 nitrogen and oxygen atoms in total. The van der Waals surface area contributed by atoms with Crippen molar-refractivity contribution in [2.24, 2.45) is 0 Å². The minimum Gasteiger partial charge on any atom is -0.348 e. The number of fused-ring (bicyclic) bond motifs is 2. The molecule has 2 N–H and O–H groups in total. The van der Waals surface area contributed by atoms with Gasteiger partial charge in [-0.3, -0.25) is 4.79 Å². The summed E-state index contributed by atoms with van der Waals surface area (Å²) in [5.74, 6) is -0.349. The van der Waals surface area contributed by atoms with Gasteiger partial charge in [0.1, 0.15) is 22.0 Å². The van der Waals surface area contributed by atoms with Crippen LogP contribution >= 0.6 is 11.7 Å². The quantitative estimate of drug-likeness (QED) is 0.409. The van der Waals surface area contributed by atoms with Gasteiger partial charge in [-0.1, -0.05) is 60.7 Å². The highest BCUT2D eigenvalue weighted by Crippen LogP contribution is 2.29. The van der Waals surface area contributed by atoms with Gasteiger partial charge in [-0.2, -0.15) is 13.5 Å². The number of hydrogen-bond donors (Lipinski definition) is 2. The van der Waals surface area contributed by atoms with Crippen LogP contribution in [-0.2, 0) is 27.7 Å². The number of aryl methyl sites for hydroxylation is 1. The molecule has 0 unspecified atom stereocenters. The fraction of sp³-hybridized carbons (Fsp3) is 0.240. The molecule has 2 atom stereocenters. The van der Waals surface area contributed by atoms with Crippen LogP contribution in [0.2, 0.25) is 0 Å². The predicted molar refractivity (Wildman–Crippen MR) is 132 cm³/mol. The van der Waals surface area contributed by atoms with E-state index in [1.54, 1.807) is 12.1 Å². The van der Waals surface area contributed by atoms with Gasteiger partial charge in [0, 0.05) is 0 Å². The second kappa shape index (κ2) is 9.61. The summed E-state index contributed by atoms with van der Waals surface area (Å²) in [7, 11) is -4.03. The number of amides is 1. The van der Waals surface area contributed by atoms with Crippen LogP contribution in [-0.4, -0.2) is 29.1 Å². The molecule has 5 rings (SSSR count). The Kier molecular flexibility index (Phi) is 6.40. The molecule has 1 aliphatic rings. The van der Waals surface area contributed by atoms with Crippen molar-refractivity contribution in [3.05, 3.63) is 89.5 Å². The maximum absolute atomic E-state index is 13.5. The fourth-order valence-electron chi connectivity index (χ4n) is 4.46. The molecular weight excluding hydrogens is 468 g/mol. The van der Waals surface area contributed by atoms with E-state index in [4.69, 9.17) is 0 Å². The highest BCUT2D eigenvalue weighted by atomic mass is 32.2. The Hall–Kier alpha value is -3.14. The molecule has 0 bridgehead atoms. The van der Waals surface area contributed by atoms with Crippen LogP contribution in [0.4, 0.5) is 0 Å². The molecular formula is C25H24N4O3S2. The molecule has 0 fully saturated rings. The summed E-state index contributed by atoms with van der Waals surface area (Å²) in [6.07, 6.45) is 2.99. The second-order valence-corrected chi connectivity index (χ2v) is 10.6. The van der Waals surface area contributed by atoms with E-state index in [1.807, 2.05) is 48.5 Å². The zero-order valence-electron chi connectivity index (χ0n) is 18.3. The number of nitrogens with one attached hydrogen (secondary N) is 2. The van der Waals surface area contributed by atoms with Crippen molar-refractivity contribution in [2.45, 2.75) is 42.7 Å². The molecule has 9 heteroatoms. The minimum atomic E-state index is -4.03. The monoisotopic (exact) mass is 492 g/mol. The van der Waals surface area contributed by atoms with Crippen LogP contribution in [0.15, 0.2) is 77.7 Å². The molecule has 0 aliphatic heterocycles. The standard InChI is InChI=1S/C25H24N4O3S2/c30-25(26-20-13-6-11-18-10-4-5-12-19(18)20)22(16-17-8-2-1-3-9-17)29-34(31,32)23-15-7-14-21-24(23)28-33-27-21/h1-5,7-10,12,14-15,20,22,29H,6,11,13,16H2,(H,26,30)/t20-,22+/m0/s1. The first-order chi connectivity index (χ1) is 16.5. The van der Waals surface area contributed by atoms with Crippen molar-refractivity contribution in [3.8, 4) is 0 Å². The van der Waals surface area contributed by atoms with Crippen LogP contribution < -0.4 is 10.0 Å². The highest BCUT2D eigenvalue weighted by molar-refractivity contribution is 7.89. The van der Waals surface area contributed by atoms with E-state index < -0.39 is 16.1 Å². The zero-order valence-corrected chi connectivity index (χ0v) is 20.0. The van der Waals surface area contributed by atoms with Crippen LogP contribution in [0.1, 0.15) is 35.6 Å². The molecule has 1 heterocycles. The lowest BCUT2D eigenvalue weighted by Crippen LogP contribution is -2.49. The average molecular weight is 493 g/mol. The molecule has 174 valence electrons. The van der Waals surface area contributed by atoms with Crippen molar-refractivity contribution >= 4 is 38.7 Å². The molecule has 3 aromatic carbocycles. The van der Waals surface area contributed by atoms with Crippen LogP contribution in [0.5, 0.6) is 0 Å². The zero-order chi connectivity index (χ0) is 23.5. The third-order valence-electron chi connectivity index (χ3n) is 6.12. The minimum absolute atomic E-state index is 0.0209. The first-order valence-corrected chi connectivity index (χ1v) is 13.4. The third-order valence-corrected chi connectivity index (χ3v) is 8.17. The largest absolute Gasteiger partial charge is 0.348 e. The number of benzene rings is 3. The van der Waals surface area contributed by atoms with Gasteiger partial charge in [0.05, 0.1) is 17.8 Å². The predicted octanol–water partition coefficient (Wildman–Crippen LogP) is 3.77. The van der Waals surface area contributed by atoms with E-state index in [-0.39, 0.29) is 23.3 Å². The van der Waals surface area contributed by atoms with Gasteiger partial charge in [0.2, 0.25) is 15.9 Å². The lowest BCUT2D eigenvalue weighted by atomic mass is 9.87. The van der Waals surface area contributed by atoms with E-state index >= 15 is 0 Å². The second-order valence-electron chi connectivity index (χ2n) is 8.40. The number of aromatic nitrogens is 2. The van der Waals surface area contributed by atoms with Gasteiger partial charge in [0.25, 0.3) is 0 Å². The van der Waals surface area contributed by atoms with Gasteiger partial charge < -0.3 is 5.32 Å². The summed E-state index contributed by atoms with van der Waals surface area (Å²) >= 11 is 0.956. The topological polar surface area (TPSA) is 101 Å². The summed E-state index contributed by atoms with van der Waals surface area (Å²) in [4.78, 5) is 13.5. The lowest BCUT2D eigenvalue weighted by molar-refractivity contribution is -0.123. The number of rotatable bonds is 7. The first-order valence-electron chi connectivity index (χ1n) is 11.2. The summed E-state index contributed by atoms with van der Waals surface area (Å²) in [6.45, 7) is 0. The first kappa shape index (κ1) is 22.6. The average Bonchev–Trinajstić information content (AvgIpc) is 3.33. The maximum Gasteiger partial charge on any atom is 0.243 e. The number of nitrogens with zero attached hydrogens (tertiary/aromatic N) is 2. The summed E-state index contributed by atoms with van der Waals surface area (Å²) in [5, 5.41) is 3.11. The molecule has 34 heavy (non-hydrogen) atoms. The number of carbonyl (C=O) groups is 1. The van der Waals surface area contributed by atoms with E-state index in [9.17, 15) is 13.2 Å². The molecule has 1 aliphatic carbocycles. The van der Waals surface area contributed by atoms with Crippen LogP contribution in [0.25, 0.3) is 11.0 Å². The van der Waals surface area contributed by atoms with Crippen molar-refractivity contribution in [2.75, 3.05) is 0 Å². The van der Waals surface area contributed by atoms with Gasteiger partial charge in [0.15, 0.2) is 0 Å². The Morgan fingerprint density at radius 2 is 1.79 bits per heavy atom. The highest BCUT2D eigenvalue weighted by Gasteiger charge is 2.30. The van der Waals surface area contributed by atoms with Gasteiger partial charge >= 0.3 is 0 Å². The molecule has 1 aromatic heterocycles. The van der Waals surface area contributed by atoms with Crippen molar-refractivity contribution in [3.63, 3.8) is 0 Å². The summed E-state index contributed by atoms with van der Waals surface area (Å²) in [6, 6.07) is 21.2. The van der Waals surface area contributed by atoms with Crippen molar-refractivity contribution < 1.29 is 13.2 Å². The normalized spacial score (nSPS) is 16.6. The molecule has 1 amide bonds. The molecule has 0 saturated carbocycles. The number of carbonyl (C=O) groups excluding carboxylic acids is 1. The molecule has 0 spiro atoms. The smallest absolute Gasteiger partial charge is 0.243 e. The Morgan fingerprint density at radius 3 is 2.65 bits per heavy atom. The Morgan fingerprint density at radius 1 is 1.00 bits per heavy atom. The van der Waals surface area contributed by atoms with Crippen LogP contribution in [0, 0.1) is 0 Å². The van der Waals surface area contributed by atoms with Crippen molar-refractivity contribution in [1.29, 1.82) is 0 Å². The van der Waals surface area contributed by atoms with Gasteiger partial charge in [-0.25, -0.2) is 8.42 Å². The summed E-state index contributed by atoms with van der Waals surface area (Å²) in [5.41, 5.74) is 4.00. The van der Waals surface area contributed by atoms with E-state index in [0.29, 0.717) is 11.0 Å². The third kappa shape index (κ3) is 4.72. The number of sulfonamides is 1.